The average Bonchev–Trinajstić information content (AvgIpc) is 3.20. The summed E-state index contributed by atoms with van der Waals surface area (Å²) in [6, 6.07) is 1.66. The van der Waals surface area contributed by atoms with Crippen molar-refractivity contribution < 1.29 is 23.5 Å². The van der Waals surface area contributed by atoms with E-state index in [1.165, 1.54) is 7.11 Å². The number of nitrogens with one attached hydrogen (secondary N) is 2. The van der Waals surface area contributed by atoms with Gasteiger partial charge in [-0.1, -0.05) is 0 Å². The lowest BCUT2D eigenvalue weighted by atomic mass is 10.2. The summed E-state index contributed by atoms with van der Waals surface area (Å²) in [6.07, 6.45) is 0.385. The molecule has 29 heavy (non-hydrogen) atoms. The van der Waals surface area contributed by atoms with Gasteiger partial charge in [0, 0.05) is 20.1 Å². The van der Waals surface area contributed by atoms with E-state index in [-0.39, 0.29) is 30.0 Å². The number of amides is 1. The second kappa shape index (κ2) is 10.7. The molecule has 2 N–H and O–H groups in total. The number of furan rings is 1. The van der Waals surface area contributed by atoms with Gasteiger partial charge in [0.2, 0.25) is 0 Å². The van der Waals surface area contributed by atoms with Crippen molar-refractivity contribution in [2.75, 3.05) is 27.2 Å². The summed E-state index contributed by atoms with van der Waals surface area (Å²) in [7, 11) is 3.04. The van der Waals surface area contributed by atoms with Gasteiger partial charge in [-0.25, -0.2) is 9.59 Å². The first kappa shape index (κ1) is 25.1. The molecule has 1 fully saturated rings. The highest BCUT2D eigenvalue weighted by Gasteiger charge is 2.28. The molecule has 1 saturated heterocycles. The number of likely N-dealkylation sites (tertiary alicyclic amines) is 1. The lowest BCUT2D eigenvalue weighted by Crippen LogP contribution is -2.44. The van der Waals surface area contributed by atoms with Crippen LogP contribution in [0, 0.1) is 6.92 Å². The van der Waals surface area contributed by atoms with Crippen LogP contribution in [0.2, 0.25) is 0 Å². The largest absolute Gasteiger partial charge is 0.465 e. The number of esters is 1. The molecule has 0 aliphatic carbocycles. The summed E-state index contributed by atoms with van der Waals surface area (Å²) in [5.41, 5.74) is -0.110. The van der Waals surface area contributed by atoms with Crippen LogP contribution in [0.4, 0.5) is 4.79 Å². The van der Waals surface area contributed by atoms with Crippen LogP contribution in [0.15, 0.2) is 15.5 Å². The van der Waals surface area contributed by atoms with Crippen molar-refractivity contribution >= 4 is 42.0 Å². The van der Waals surface area contributed by atoms with Gasteiger partial charge >= 0.3 is 12.1 Å². The minimum Gasteiger partial charge on any atom is -0.465 e. The number of carbonyl (C=O) groups is 2. The minimum absolute atomic E-state index is 0. The maximum Gasteiger partial charge on any atom is 0.407 e. The van der Waals surface area contributed by atoms with Gasteiger partial charge in [0.25, 0.3) is 0 Å². The van der Waals surface area contributed by atoms with E-state index in [1.54, 1.807) is 20.0 Å². The normalized spacial score (nSPS) is 16.8. The fourth-order valence-electron chi connectivity index (χ4n) is 2.99. The predicted molar refractivity (Wildman–Crippen MR) is 120 cm³/mol. The summed E-state index contributed by atoms with van der Waals surface area (Å²) < 4.78 is 15.6. The number of hydrogen-bond donors (Lipinski definition) is 2. The standard InChI is InChI=1S/C19H30N4O5.HI/c1-12-15(16(24)26-6)9-14(27-12)10-21-17(20-5)23-8-7-13(11-23)22-18(25)28-19(2,3)4;/h9,13H,7-8,10-11H2,1-6H3,(H,20,21)(H,22,25);1H. The molecule has 164 valence electrons. The van der Waals surface area contributed by atoms with Crippen molar-refractivity contribution in [3.63, 3.8) is 0 Å². The number of hydrogen-bond acceptors (Lipinski definition) is 6. The molecule has 1 aliphatic heterocycles. The van der Waals surface area contributed by atoms with Crippen LogP contribution in [0.3, 0.4) is 0 Å². The molecule has 9 nitrogen and oxygen atoms in total. The first-order chi connectivity index (χ1) is 13.1. The molecule has 1 atom stereocenters. The van der Waals surface area contributed by atoms with Gasteiger partial charge in [-0.2, -0.15) is 0 Å². The van der Waals surface area contributed by atoms with E-state index in [2.05, 4.69) is 20.5 Å². The summed E-state index contributed by atoms with van der Waals surface area (Å²) in [6.45, 7) is 8.99. The van der Waals surface area contributed by atoms with E-state index >= 15 is 0 Å². The fraction of sp³-hybridized carbons (Fsp3) is 0.632. The van der Waals surface area contributed by atoms with Crippen molar-refractivity contribution in [3.05, 3.63) is 23.2 Å². The van der Waals surface area contributed by atoms with E-state index in [9.17, 15) is 9.59 Å². The van der Waals surface area contributed by atoms with Gasteiger partial charge in [-0.15, -0.1) is 24.0 Å². The Bertz CT molecular complexity index is 741. The second-order valence-corrected chi connectivity index (χ2v) is 7.65. The molecule has 1 aromatic rings. The Morgan fingerprint density at radius 1 is 1.38 bits per heavy atom. The zero-order valence-corrected chi connectivity index (χ0v) is 20.2. The molecule has 0 bridgehead atoms. The number of methoxy groups -OCH3 is 1. The molecule has 0 saturated carbocycles. The molecular formula is C19H31IN4O5. The fourth-order valence-corrected chi connectivity index (χ4v) is 2.99. The Labute approximate surface area is 188 Å². The highest BCUT2D eigenvalue weighted by molar-refractivity contribution is 14.0. The topological polar surface area (TPSA) is 105 Å². The zero-order chi connectivity index (χ0) is 20.9. The van der Waals surface area contributed by atoms with E-state index in [0.29, 0.717) is 36.1 Å². The van der Waals surface area contributed by atoms with Gasteiger partial charge in [-0.05, 0) is 40.2 Å². The average molecular weight is 522 g/mol. The summed E-state index contributed by atoms with van der Waals surface area (Å²) in [4.78, 5) is 30.0. The molecule has 1 unspecified atom stereocenters. The monoisotopic (exact) mass is 522 g/mol. The Hall–Kier alpha value is -1.98. The highest BCUT2D eigenvalue weighted by Crippen LogP contribution is 2.16. The van der Waals surface area contributed by atoms with Crippen LogP contribution in [-0.2, 0) is 16.0 Å². The predicted octanol–water partition coefficient (Wildman–Crippen LogP) is 2.67. The third kappa shape index (κ3) is 7.41. The van der Waals surface area contributed by atoms with Crippen LogP contribution >= 0.6 is 24.0 Å². The van der Waals surface area contributed by atoms with Crippen LogP contribution in [-0.4, -0.2) is 61.8 Å². The van der Waals surface area contributed by atoms with Crippen molar-refractivity contribution in [2.24, 2.45) is 4.99 Å². The molecular weight excluding hydrogens is 491 g/mol. The minimum atomic E-state index is -0.524. The number of alkyl carbamates (subject to hydrolysis) is 1. The van der Waals surface area contributed by atoms with Crippen molar-refractivity contribution in [2.45, 2.75) is 52.3 Å². The molecule has 1 aliphatic rings. The molecule has 2 rings (SSSR count). The highest BCUT2D eigenvalue weighted by atomic mass is 127. The molecule has 0 radical (unpaired) electrons. The zero-order valence-electron chi connectivity index (χ0n) is 17.8. The van der Waals surface area contributed by atoms with Gasteiger partial charge in [0.15, 0.2) is 5.96 Å². The lowest BCUT2D eigenvalue weighted by molar-refractivity contribution is 0.0506. The van der Waals surface area contributed by atoms with Gasteiger partial charge < -0.3 is 29.4 Å². The first-order valence-electron chi connectivity index (χ1n) is 9.25. The number of nitrogens with zero attached hydrogens (tertiary/aromatic N) is 2. The Kier molecular flexibility index (Phi) is 9.24. The first-order valence-corrected chi connectivity index (χ1v) is 9.25. The third-order valence-corrected chi connectivity index (χ3v) is 4.22. The quantitative estimate of drug-likeness (QED) is 0.271. The Balaban J connectivity index is 0.00000420. The number of guanidine groups is 1. The molecule has 1 amide bonds. The van der Waals surface area contributed by atoms with E-state index < -0.39 is 17.7 Å². The third-order valence-electron chi connectivity index (χ3n) is 4.22. The van der Waals surface area contributed by atoms with Crippen molar-refractivity contribution in [1.29, 1.82) is 0 Å². The summed E-state index contributed by atoms with van der Waals surface area (Å²) in [5, 5.41) is 6.12. The molecule has 0 aromatic carbocycles. The second-order valence-electron chi connectivity index (χ2n) is 7.65. The Morgan fingerprint density at radius 2 is 2.07 bits per heavy atom. The number of rotatable bonds is 4. The molecule has 1 aromatic heterocycles. The molecule has 10 heteroatoms. The molecule has 0 spiro atoms. The smallest absolute Gasteiger partial charge is 0.407 e. The van der Waals surface area contributed by atoms with E-state index in [1.807, 2.05) is 20.8 Å². The summed E-state index contributed by atoms with van der Waals surface area (Å²) in [5.74, 6) is 1.40. The number of aryl methyl sites for hydroxylation is 1. The summed E-state index contributed by atoms with van der Waals surface area (Å²) >= 11 is 0. The SMILES string of the molecule is CN=C(NCc1cc(C(=O)OC)c(C)o1)N1CCC(NC(=O)OC(C)(C)C)C1.I. The lowest BCUT2D eigenvalue weighted by Gasteiger charge is -2.23. The number of halogens is 1. The maximum atomic E-state index is 11.9. The van der Waals surface area contributed by atoms with E-state index in [4.69, 9.17) is 13.9 Å². The van der Waals surface area contributed by atoms with Crippen molar-refractivity contribution in [3.8, 4) is 0 Å². The van der Waals surface area contributed by atoms with Crippen LogP contribution < -0.4 is 10.6 Å². The van der Waals surface area contributed by atoms with Gasteiger partial charge in [0.05, 0.1) is 19.7 Å². The van der Waals surface area contributed by atoms with Crippen LogP contribution in [0.1, 0.15) is 49.1 Å². The number of carbonyl (C=O) groups excluding carboxylic acids is 2. The van der Waals surface area contributed by atoms with Gasteiger partial charge in [-0.3, -0.25) is 4.99 Å². The number of ether oxygens (including phenoxy) is 2. The van der Waals surface area contributed by atoms with Crippen LogP contribution in [0.25, 0.3) is 0 Å². The van der Waals surface area contributed by atoms with E-state index in [0.717, 1.165) is 13.0 Å². The molecule has 2 heterocycles. The van der Waals surface area contributed by atoms with Crippen LogP contribution in [0.5, 0.6) is 0 Å². The van der Waals surface area contributed by atoms with Crippen molar-refractivity contribution in [1.82, 2.24) is 15.5 Å². The maximum absolute atomic E-state index is 11.9. The van der Waals surface area contributed by atoms with Gasteiger partial charge in [0.1, 0.15) is 22.7 Å². The Morgan fingerprint density at radius 3 is 2.66 bits per heavy atom. The number of aliphatic imine (C=N–C) groups is 1.